The predicted octanol–water partition coefficient (Wildman–Crippen LogP) is 4.90. The van der Waals surface area contributed by atoms with Gasteiger partial charge in [0.15, 0.2) is 3.79 Å². The van der Waals surface area contributed by atoms with Gasteiger partial charge in [0.2, 0.25) is 0 Å². The Morgan fingerprint density at radius 2 is 1.69 bits per heavy atom. The summed E-state index contributed by atoms with van der Waals surface area (Å²) in [6.45, 7) is 5.82. The second kappa shape index (κ2) is 11.8. The molecule has 0 bridgehead atoms. The zero-order valence-electron chi connectivity index (χ0n) is 10.2. The van der Waals surface area contributed by atoms with Crippen LogP contribution in [0.25, 0.3) is 0 Å². The Labute approximate surface area is 114 Å². The summed E-state index contributed by atoms with van der Waals surface area (Å²) in [6.07, 6.45) is 5.33. The molecule has 0 heterocycles. The molecule has 0 saturated carbocycles. The third-order valence-corrected chi connectivity index (χ3v) is 2.23. The van der Waals surface area contributed by atoms with E-state index in [-0.39, 0.29) is 5.97 Å². The standard InChI is InChI=1S/C7H13Cl3.C4H8O2/c1-2-3-4-5-6-7(8,9)10;1-3-6-4(2)5/h2-6H2,1H3;3H2,1-2H3. The van der Waals surface area contributed by atoms with E-state index in [2.05, 4.69) is 11.7 Å². The van der Waals surface area contributed by atoms with E-state index in [1.54, 1.807) is 6.92 Å². The van der Waals surface area contributed by atoms with E-state index in [1.807, 2.05) is 0 Å². The molecule has 0 aliphatic rings. The number of halogens is 3. The lowest BCUT2D eigenvalue weighted by molar-refractivity contribution is -0.140. The van der Waals surface area contributed by atoms with Crippen LogP contribution in [0.5, 0.6) is 0 Å². The van der Waals surface area contributed by atoms with Crippen LogP contribution in [0.1, 0.15) is 52.9 Å². The van der Waals surface area contributed by atoms with Gasteiger partial charge in [0.25, 0.3) is 0 Å². The average Bonchev–Trinajstić information content (AvgIpc) is 2.12. The lowest BCUT2D eigenvalue weighted by Gasteiger charge is -2.08. The fourth-order valence-electron chi connectivity index (χ4n) is 0.955. The summed E-state index contributed by atoms with van der Waals surface area (Å²) in [5.41, 5.74) is 0. The first-order valence-electron chi connectivity index (χ1n) is 5.53. The van der Waals surface area contributed by atoms with E-state index in [0.29, 0.717) is 13.0 Å². The van der Waals surface area contributed by atoms with Crippen molar-refractivity contribution in [2.24, 2.45) is 0 Å². The van der Waals surface area contributed by atoms with Crippen LogP contribution in [0.2, 0.25) is 0 Å². The van der Waals surface area contributed by atoms with Crippen LogP contribution in [0.4, 0.5) is 0 Å². The van der Waals surface area contributed by atoms with Crippen LogP contribution in [0, 0.1) is 0 Å². The first-order chi connectivity index (χ1) is 7.33. The van der Waals surface area contributed by atoms with Gasteiger partial charge in [0.05, 0.1) is 6.61 Å². The molecule has 0 aromatic rings. The summed E-state index contributed by atoms with van der Waals surface area (Å²) in [7, 11) is 0. The highest BCUT2D eigenvalue weighted by Crippen LogP contribution is 2.31. The number of hydrogen-bond acceptors (Lipinski definition) is 2. The van der Waals surface area contributed by atoms with E-state index < -0.39 is 3.79 Å². The molecule has 0 atom stereocenters. The number of carbonyl (C=O) groups is 1. The molecule has 0 N–H and O–H groups in total. The summed E-state index contributed by atoms with van der Waals surface area (Å²) in [6, 6.07) is 0. The molecule has 2 nitrogen and oxygen atoms in total. The normalized spacial score (nSPS) is 10.4. The quantitative estimate of drug-likeness (QED) is 0.409. The van der Waals surface area contributed by atoms with Crippen LogP contribution in [-0.2, 0) is 9.53 Å². The Morgan fingerprint density at radius 3 is 1.94 bits per heavy atom. The zero-order chi connectivity index (χ0) is 13.0. The highest BCUT2D eigenvalue weighted by atomic mass is 35.6. The van der Waals surface area contributed by atoms with Gasteiger partial charge in [-0.25, -0.2) is 0 Å². The first kappa shape index (κ1) is 18.7. The summed E-state index contributed by atoms with van der Waals surface area (Å²) in [5.74, 6) is -0.211. The Kier molecular flexibility index (Phi) is 13.8. The lowest BCUT2D eigenvalue weighted by atomic mass is 10.2. The maximum Gasteiger partial charge on any atom is 0.302 e. The summed E-state index contributed by atoms with van der Waals surface area (Å²) in [4.78, 5) is 9.82. The lowest BCUT2D eigenvalue weighted by Crippen LogP contribution is -2.00. The molecule has 0 spiro atoms. The predicted molar refractivity (Wildman–Crippen MR) is 71.4 cm³/mol. The highest BCUT2D eigenvalue weighted by Gasteiger charge is 2.17. The van der Waals surface area contributed by atoms with E-state index in [9.17, 15) is 4.79 Å². The number of alkyl halides is 3. The summed E-state index contributed by atoms with van der Waals surface area (Å²) < 4.78 is 3.37. The third kappa shape index (κ3) is 23.9. The number of ether oxygens (including phenoxy) is 1. The van der Waals surface area contributed by atoms with Crippen molar-refractivity contribution < 1.29 is 9.53 Å². The fourth-order valence-corrected chi connectivity index (χ4v) is 1.36. The minimum atomic E-state index is -1.03. The largest absolute Gasteiger partial charge is 0.466 e. The second-order valence-electron chi connectivity index (χ2n) is 3.35. The molecule has 0 aliphatic carbocycles. The molecular formula is C11H21Cl3O2. The molecule has 98 valence electrons. The summed E-state index contributed by atoms with van der Waals surface area (Å²) >= 11 is 16.6. The molecule has 0 aromatic heterocycles. The number of hydrogen-bond donors (Lipinski definition) is 0. The molecule has 0 aromatic carbocycles. The van der Waals surface area contributed by atoms with E-state index in [0.717, 1.165) is 6.42 Å². The molecule has 0 fully saturated rings. The Morgan fingerprint density at radius 1 is 1.12 bits per heavy atom. The molecule has 0 rings (SSSR count). The van der Waals surface area contributed by atoms with Gasteiger partial charge < -0.3 is 4.74 Å². The van der Waals surface area contributed by atoms with E-state index in [4.69, 9.17) is 34.8 Å². The van der Waals surface area contributed by atoms with Gasteiger partial charge in [-0.15, -0.1) is 0 Å². The molecular weight excluding hydrogens is 270 g/mol. The Bertz CT molecular complexity index is 167. The van der Waals surface area contributed by atoms with E-state index in [1.165, 1.54) is 26.2 Å². The Hall–Kier alpha value is 0.340. The van der Waals surface area contributed by atoms with Crippen LogP contribution in [-0.4, -0.2) is 16.4 Å². The fraction of sp³-hybridized carbons (Fsp3) is 0.909. The van der Waals surface area contributed by atoms with Crippen molar-refractivity contribution in [3.05, 3.63) is 0 Å². The highest BCUT2D eigenvalue weighted by molar-refractivity contribution is 6.67. The number of carbonyl (C=O) groups excluding carboxylic acids is 1. The molecule has 0 unspecified atom stereocenters. The molecule has 16 heavy (non-hydrogen) atoms. The van der Waals surface area contributed by atoms with Gasteiger partial charge in [-0.05, 0) is 19.8 Å². The average molecular weight is 292 g/mol. The third-order valence-electron chi connectivity index (χ3n) is 1.66. The van der Waals surface area contributed by atoms with Crippen molar-refractivity contribution >= 4 is 40.8 Å². The number of unbranched alkanes of at least 4 members (excludes halogenated alkanes) is 3. The van der Waals surface area contributed by atoms with Crippen molar-refractivity contribution in [1.82, 2.24) is 0 Å². The minimum Gasteiger partial charge on any atom is -0.466 e. The van der Waals surface area contributed by atoms with Crippen molar-refractivity contribution in [3.63, 3.8) is 0 Å². The minimum absolute atomic E-state index is 0.211. The van der Waals surface area contributed by atoms with Gasteiger partial charge in [-0.3, -0.25) is 4.79 Å². The monoisotopic (exact) mass is 290 g/mol. The van der Waals surface area contributed by atoms with Gasteiger partial charge >= 0.3 is 5.97 Å². The van der Waals surface area contributed by atoms with Gasteiger partial charge in [0.1, 0.15) is 0 Å². The second-order valence-corrected chi connectivity index (χ2v) is 5.87. The number of esters is 1. The molecule has 0 amide bonds. The number of rotatable bonds is 5. The van der Waals surface area contributed by atoms with Crippen LogP contribution in [0.15, 0.2) is 0 Å². The van der Waals surface area contributed by atoms with Crippen molar-refractivity contribution in [3.8, 4) is 0 Å². The smallest absolute Gasteiger partial charge is 0.302 e. The van der Waals surface area contributed by atoms with Crippen LogP contribution in [0.3, 0.4) is 0 Å². The van der Waals surface area contributed by atoms with Crippen molar-refractivity contribution in [2.45, 2.75) is 56.7 Å². The van der Waals surface area contributed by atoms with Crippen LogP contribution < -0.4 is 0 Å². The van der Waals surface area contributed by atoms with Crippen LogP contribution >= 0.6 is 34.8 Å². The maximum absolute atomic E-state index is 9.82. The molecule has 0 radical (unpaired) electrons. The van der Waals surface area contributed by atoms with Crippen molar-refractivity contribution in [1.29, 1.82) is 0 Å². The SMILES string of the molecule is CCCCCCC(Cl)(Cl)Cl.CCOC(C)=O. The van der Waals surface area contributed by atoms with E-state index >= 15 is 0 Å². The van der Waals surface area contributed by atoms with Gasteiger partial charge in [-0.1, -0.05) is 61.0 Å². The van der Waals surface area contributed by atoms with Gasteiger partial charge in [-0.2, -0.15) is 0 Å². The molecule has 0 saturated heterocycles. The maximum atomic E-state index is 9.82. The molecule has 0 aliphatic heterocycles. The zero-order valence-corrected chi connectivity index (χ0v) is 12.5. The first-order valence-corrected chi connectivity index (χ1v) is 6.67. The van der Waals surface area contributed by atoms with Crippen molar-refractivity contribution in [2.75, 3.05) is 6.61 Å². The topological polar surface area (TPSA) is 26.3 Å². The Balaban J connectivity index is 0. The summed E-state index contributed by atoms with van der Waals surface area (Å²) in [5, 5.41) is 0. The van der Waals surface area contributed by atoms with Gasteiger partial charge in [0, 0.05) is 6.92 Å². The molecule has 5 heteroatoms.